The number of rotatable bonds is 2. The fourth-order valence-corrected chi connectivity index (χ4v) is 2.27. The molecule has 0 spiro atoms. The second-order valence-electron chi connectivity index (χ2n) is 4.99. The Balaban J connectivity index is 2.06. The lowest BCUT2D eigenvalue weighted by molar-refractivity contribution is 0.0138. The molecule has 0 fully saturated rings. The van der Waals surface area contributed by atoms with E-state index >= 15 is 0 Å². The summed E-state index contributed by atoms with van der Waals surface area (Å²) in [6.07, 6.45) is 0. The van der Waals surface area contributed by atoms with Crippen molar-refractivity contribution in [3.8, 4) is 0 Å². The summed E-state index contributed by atoms with van der Waals surface area (Å²) < 4.78 is 0. The van der Waals surface area contributed by atoms with Crippen LogP contribution in [0.5, 0.6) is 0 Å². The van der Waals surface area contributed by atoms with Gasteiger partial charge in [0.1, 0.15) is 0 Å². The van der Waals surface area contributed by atoms with Gasteiger partial charge in [0, 0.05) is 11.3 Å². The molecule has 3 heteroatoms. The zero-order valence-corrected chi connectivity index (χ0v) is 11.1. The predicted octanol–water partition coefficient (Wildman–Crippen LogP) is 3.62. The zero-order valence-electron chi connectivity index (χ0n) is 11.1. The van der Waals surface area contributed by atoms with Gasteiger partial charge in [-0.05, 0) is 26.0 Å². The van der Waals surface area contributed by atoms with Gasteiger partial charge >= 0.3 is 0 Å². The summed E-state index contributed by atoms with van der Waals surface area (Å²) in [5.41, 5.74) is 1.65. The van der Waals surface area contributed by atoms with Crippen LogP contribution in [0, 0.1) is 0 Å². The smallest absolute Gasteiger partial charge is 0.209 e. The molecule has 0 unspecified atom stereocenters. The highest BCUT2D eigenvalue weighted by atomic mass is 16.7. The quantitative estimate of drug-likeness (QED) is 0.815. The third kappa shape index (κ3) is 2.08. The summed E-state index contributed by atoms with van der Waals surface area (Å²) in [7, 11) is 0. The number of benzene rings is 2. The number of amidine groups is 1. The number of anilines is 1. The Labute approximate surface area is 113 Å². The van der Waals surface area contributed by atoms with Gasteiger partial charge in [-0.3, -0.25) is 4.90 Å². The number of hydrogen-bond donors (Lipinski definition) is 0. The molecule has 0 amide bonds. The van der Waals surface area contributed by atoms with Gasteiger partial charge in [0.15, 0.2) is 5.84 Å². The third-order valence-electron chi connectivity index (χ3n) is 3.15. The minimum Gasteiger partial charge on any atom is -0.365 e. The SMILES string of the molecule is CC1(C)ON=C(c2ccccc2)N1c1ccccc1. The summed E-state index contributed by atoms with van der Waals surface area (Å²) >= 11 is 0. The first kappa shape index (κ1) is 11.8. The minimum absolute atomic E-state index is 0.480. The molecule has 19 heavy (non-hydrogen) atoms. The molecule has 2 aromatic rings. The van der Waals surface area contributed by atoms with Crippen LogP contribution in [0.2, 0.25) is 0 Å². The zero-order chi connectivity index (χ0) is 13.3. The van der Waals surface area contributed by atoms with E-state index in [9.17, 15) is 0 Å². The van der Waals surface area contributed by atoms with Crippen LogP contribution < -0.4 is 4.90 Å². The Morgan fingerprint density at radius 2 is 1.47 bits per heavy atom. The molecule has 0 saturated carbocycles. The highest BCUT2D eigenvalue weighted by Gasteiger charge is 2.39. The van der Waals surface area contributed by atoms with Gasteiger partial charge in [0.05, 0.1) is 0 Å². The van der Waals surface area contributed by atoms with E-state index in [0.29, 0.717) is 0 Å². The van der Waals surface area contributed by atoms with E-state index in [1.807, 2.05) is 62.4 Å². The summed E-state index contributed by atoms with van der Waals surface area (Å²) in [5.74, 6) is 0.844. The van der Waals surface area contributed by atoms with E-state index in [1.54, 1.807) is 0 Å². The van der Waals surface area contributed by atoms with Crippen LogP contribution in [0.25, 0.3) is 0 Å². The molecule has 3 nitrogen and oxygen atoms in total. The lowest BCUT2D eigenvalue weighted by atomic mass is 10.1. The fourth-order valence-electron chi connectivity index (χ4n) is 2.27. The Bertz CT molecular complexity index is 591. The molecule has 96 valence electrons. The van der Waals surface area contributed by atoms with Crippen molar-refractivity contribution in [3.63, 3.8) is 0 Å². The van der Waals surface area contributed by atoms with Crippen LogP contribution in [0.15, 0.2) is 65.8 Å². The Morgan fingerprint density at radius 3 is 2.11 bits per heavy atom. The molecule has 0 atom stereocenters. The van der Waals surface area contributed by atoms with Crippen LogP contribution in [-0.2, 0) is 4.84 Å². The molecule has 1 aliphatic rings. The van der Waals surface area contributed by atoms with Gasteiger partial charge in [-0.25, -0.2) is 0 Å². The molecule has 0 aromatic heterocycles. The van der Waals surface area contributed by atoms with Crippen molar-refractivity contribution in [2.45, 2.75) is 19.6 Å². The molecule has 1 aliphatic heterocycles. The van der Waals surface area contributed by atoms with E-state index in [0.717, 1.165) is 17.1 Å². The van der Waals surface area contributed by atoms with Gasteiger partial charge in [-0.1, -0.05) is 53.7 Å². The Morgan fingerprint density at radius 1 is 0.895 bits per heavy atom. The largest absolute Gasteiger partial charge is 0.365 e. The molecule has 0 bridgehead atoms. The Hall–Kier alpha value is -2.29. The molecule has 2 aromatic carbocycles. The number of para-hydroxylation sites is 1. The Kier molecular flexibility index (Phi) is 2.75. The van der Waals surface area contributed by atoms with Gasteiger partial charge in [0.2, 0.25) is 5.72 Å². The summed E-state index contributed by atoms with van der Waals surface area (Å²) in [6, 6.07) is 20.3. The first-order valence-corrected chi connectivity index (χ1v) is 6.35. The first-order chi connectivity index (χ1) is 9.18. The van der Waals surface area contributed by atoms with Crippen molar-refractivity contribution in [1.82, 2.24) is 0 Å². The van der Waals surface area contributed by atoms with Crippen LogP contribution in [0.3, 0.4) is 0 Å². The van der Waals surface area contributed by atoms with Crippen LogP contribution >= 0.6 is 0 Å². The maximum atomic E-state index is 5.59. The first-order valence-electron chi connectivity index (χ1n) is 6.35. The molecule has 0 aliphatic carbocycles. The highest BCUT2D eigenvalue weighted by molar-refractivity contribution is 6.11. The lowest BCUT2D eigenvalue weighted by Gasteiger charge is -2.31. The van der Waals surface area contributed by atoms with Crippen molar-refractivity contribution in [1.29, 1.82) is 0 Å². The lowest BCUT2D eigenvalue weighted by Crippen LogP contribution is -2.44. The highest BCUT2D eigenvalue weighted by Crippen LogP contribution is 2.32. The standard InChI is InChI=1S/C16H16N2O/c1-16(2)18(14-11-7-4-8-12-14)15(17-19-16)13-9-5-3-6-10-13/h3-12H,1-2H3. The predicted molar refractivity (Wildman–Crippen MR) is 77.1 cm³/mol. The molecule has 3 rings (SSSR count). The average Bonchev–Trinajstić information content (AvgIpc) is 2.76. The maximum absolute atomic E-state index is 5.59. The van der Waals surface area contributed by atoms with Crippen LogP contribution in [0.1, 0.15) is 19.4 Å². The summed E-state index contributed by atoms with van der Waals surface area (Å²) in [6.45, 7) is 4.03. The van der Waals surface area contributed by atoms with E-state index in [1.165, 1.54) is 0 Å². The van der Waals surface area contributed by atoms with Gasteiger partial charge in [-0.2, -0.15) is 0 Å². The van der Waals surface area contributed by atoms with Gasteiger partial charge < -0.3 is 4.84 Å². The molecular formula is C16H16N2O. The third-order valence-corrected chi connectivity index (χ3v) is 3.15. The molecule has 1 heterocycles. The van der Waals surface area contributed by atoms with Crippen LogP contribution in [-0.4, -0.2) is 11.6 Å². The normalized spacial score (nSPS) is 16.9. The molecular weight excluding hydrogens is 236 g/mol. The number of hydrogen-bond acceptors (Lipinski definition) is 3. The number of oxime groups is 1. The average molecular weight is 252 g/mol. The van der Waals surface area contributed by atoms with E-state index in [-0.39, 0.29) is 0 Å². The van der Waals surface area contributed by atoms with Crippen molar-refractivity contribution in [2.75, 3.05) is 4.90 Å². The number of nitrogens with zero attached hydrogens (tertiary/aromatic N) is 2. The maximum Gasteiger partial charge on any atom is 0.209 e. The van der Waals surface area contributed by atoms with E-state index in [4.69, 9.17) is 4.84 Å². The summed E-state index contributed by atoms with van der Waals surface area (Å²) in [5, 5.41) is 4.26. The monoisotopic (exact) mass is 252 g/mol. The van der Waals surface area contributed by atoms with Crippen molar-refractivity contribution in [2.24, 2.45) is 5.16 Å². The van der Waals surface area contributed by atoms with E-state index in [2.05, 4.69) is 22.2 Å². The van der Waals surface area contributed by atoms with E-state index < -0.39 is 5.72 Å². The minimum atomic E-state index is -0.480. The van der Waals surface area contributed by atoms with Crippen molar-refractivity contribution >= 4 is 11.5 Å². The molecule has 0 N–H and O–H groups in total. The van der Waals surface area contributed by atoms with Gasteiger partial charge in [0.25, 0.3) is 0 Å². The topological polar surface area (TPSA) is 24.8 Å². The molecule has 0 saturated heterocycles. The second-order valence-corrected chi connectivity index (χ2v) is 4.99. The second kappa shape index (κ2) is 4.43. The van der Waals surface area contributed by atoms with Crippen molar-refractivity contribution in [3.05, 3.63) is 66.2 Å². The molecule has 0 radical (unpaired) electrons. The van der Waals surface area contributed by atoms with Crippen LogP contribution in [0.4, 0.5) is 5.69 Å². The van der Waals surface area contributed by atoms with Crippen molar-refractivity contribution < 1.29 is 4.84 Å². The van der Waals surface area contributed by atoms with Gasteiger partial charge in [-0.15, -0.1) is 0 Å². The fraction of sp³-hybridized carbons (Fsp3) is 0.188. The summed E-state index contributed by atoms with van der Waals surface area (Å²) in [4.78, 5) is 7.70.